The summed E-state index contributed by atoms with van der Waals surface area (Å²) in [6.45, 7) is 0. The molecule has 0 heterocycles. The molecule has 0 fully saturated rings. The molecule has 3 atom stereocenters. The minimum atomic E-state index is -1.84. The van der Waals surface area contributed by atoms with E-state index in [1.165, 1.54) is 0 Å². The number of nitrogens with two attached hydrogens (primary N) is 2. The standard InChI is InChI=1S/C7H12N2O5S/c8-2(1-15)5(10)3(6(11)12)4(9)7(13)14/h2-4,15H,1,8-9H2,(H,11,12)(H,13,14)/t2-,3?,4-/m0/s1. The normalized spacial score (nSPS) is 16.5. The minimum absolute atomic E-state index is 0.0745. The Morgan fingerprint density at radius 2 is 1.60 bits per heavy atom. The lowest BCUT2D eigenvalue weighted by Gasteiger charge is -2.18. The molecule has 86 valence electrons. The fourth-order valence-corrected chi connectivity index (χ4v) is 1.10. The Morgan fingerprint density at radius 3 is 1.87 bits per heavy atom. The van der Waals surface area contributed by atoms with Crippen molar-refractivity contribution in [3.8, 4) is 0 Å². The van der Waals surface area contributed by atoms with E-state index < -0.39 is 35.7 Å². The summed E-state index contributed by atoms with van der Waals surface area (Å²) in [5, 5.41) is 17.2. The van der Waals surface area contributed by atoms with Gasteiger partial charge in [0.05, 0.1) is 6.04 Å². The van der Waals surface area contributed by atoms with Crippen LogP contribution in [0.2, 0.25) is 0 Å². The molecule has 6 N–H and O–H groups in total. The number of hydrogen-bond acceptors (Lipinski definition) is 6. The molecule has 0 spiro atoms. The number of rotatable bonds is 6. The van der Waals surface area contributed by atoms with Gasteiger partial charge < -0.3 is 21.7 Å². The van der Waals surface area contributed by atoms with Crippen LogP contribution in [0.4, 0.5) is 0 Å². The smallest absolute Gasteiger partial charge is 0.321 e. The number of Topliss-reactive ketones (excluding diaryl/α,β-unsaturated/α-hetero) is 1. The molecule has 0 bridgehead atoms. The lowest BCUT2D eigenvalue weighted by Crippen LogP contribution is -2.51. The number of ketones is 1. The molecule has 8 heteroatoms. The van der Waals surface area contributed by atoms with Gasteiger partial charge in [-0.2, -0.15) is 12.6 Å². The van der Waals surface area contributed by atoms with Gasteiger partial charge >= 0.3 is 11.9 Å². The molecule has 1 unspecified atom stereocenters. The lowest BCUT2D eigenvalue weighted by molar-refractivity contribution is -0.154. The molecule has 7 nitrogen and oxygen atoms in total. The van der Waals surface area contributed by atoms with Crippen LogP contribution in [-0.2, 0) is 14.4 Å². The average molecular weight is 236 g/mol. The summed E-state index contributed by atoms with van der Waals surface area (Å²) >= 11 is 3.71. The number of aliphatic carboxylic acids is 2. The maximum Gasteiger partial charge on any atom is 0.321 e. The van der Waals surface area contributed by atoms with E-state index in [0.717, 1.165) is 0 Å². The van der Waals surface area contributed by atoms with Gasteiger partial charge in [-0.3, -0.25) is 14.4 Å². The van der Waals surface area contributed by atoms with Crippen molar-refractivity contribution in [1.29, 1.82) is 0 Å². The van der Waals surface area contributed by atoms with E-state index in [-0.39, 0.29) is 5.75 Å². The fourth-order valence-electron chi connectivity index (χ4n) is 0.915. The Kier molecular flexibility index (Phi) is 5.26. The summed E-state index contributed by atoms with van der Waals surface area (Å²) in [6.07, 6.45) is 0. The predicted octanol–water partition coefficient (Wildman–Crippen LogP) is -2.07. The van der Waals surface area contributed by atoms with Crippen molar-refractivity contribution < 1.29 is 24.6 Å². The summed E-state index contributed by atoms with van der Waals surface area (Å²) in [5.41, 5.74) is 10.3. The van der Waals surface area contributed by atoms with E-state index in [9.17, 15) is 14.4 Å². The van der Waals surface area contributed by atoms with E-state index in [1.54, 1.807) is 0 Å². The quantitative estimate of drug-likeness (QED) is 0.263. The SMILES string of the molecule is N[C@H](C(=O)O)C(C(=O)O)C(=O)[C@@H](N)CS. The van der Waals surface area contributed by atoms with E-state index in [0.29, 0.717) is 0 Å². The molecular formula is C7H12N2O5S. The largest absolute Gasteiger partial charge is 0.481 e. The van der Waals surface area contributed by atoms with E-state index in [1.807, 2.05) is 0 Å². The first-order valence-corrected chi connectivity index (χ1v) is 4.57. The summed E-state index contributed by atoms with van der Waals surface area (Å²) in [4.78, 5) is 32.5. The van der Waals surface area contributed by atoms with Crippen molar-refractivity contribution in [3.63, 3.8) is 0 Å². The zero-order valence-electron chi connectivity index (χ0n) is 7.66. The highest BCUT2D eigenvalue weighted by atomic mass is 32.1. The van der Waals surface area contributed by atoms with Crippen LogP contribution >= 0.6 is 12.6 Å². The first-order chi connectivity index (χ1) is 6.82. The highest BCUT2D eigenvalue weighted by molar-refractivity contribution is 7.80. The van der Waals surface area contributed by atoms with Gasteiger partial charge in [0.25, 0.3) is 0 Å². The van der Waals surface area contributed by atoms with Gasteiger partial charge in [-0.05, 0) is 0 Å². The number of carboxylic acid groups (broad SMARTS) is 2. The van der Waals surface area contributed by atoms with Gasteiger partial charge in [0, 0.05) is 5.75 Å². The topological polar surface area (TPSA) is 144 Å². The van der Waals surface area contributed by atoms with E-state index >= 15 is 0 Å². The molecule has 15 heavy (non-hydrogen) atoms. The lowest BCUT2D eigenvalue weighted by atomic mass is 9.92. The Hall–Kier alpha value is -1.12. The Labute approximate surface area is 90.8 Å². The Morgan fingerprint density at radius 1 is 1.13 bits per heavy atom. The molecule has 0 rings (SSSR count). The maximum absolute atomic E-state index is 11.4. The third-order valence-electron chi connectivity index (χ3n) is 1.78. The number of hydrogen-bond donors (Lipinski definition) is 5. The van der Waals surface area contributed by atoms with Gasteiger partial charge in [0.2, 0.25) is 0 Å². The first-order valence-electron chi connectivity index (χ1n) is 3.94. The van der Waals surface area contributed by atoms with Crippen molar-refractivity contribution in [1.82, 2.24) is 0 Å². The average Bonchev–Trinajstić information content (AvgIpc) is 2.15. The molecule has 0 aromatic heterocycles. The summed E-state index contributed by atoms with van der Waals surface area (Å²) in [5.74, 6) is -6.03. The number of carboxylic acids is 2. The second-order valence-corrected chi connectivity index (χ2v) is 3.24. The Bertz CT molecular complexity index is 283. The fraction of sp³-hybridized carbons (Fsp3) is 0.571. The van der Waals surface area contributed by atoms with Crippen LogP contribution in [-0.4, -0.2) is 45.8 Å². The van der Waals surface area contributed by atoms with Gasteiger partial charge in [-0.1, -0.05) is 0 Å². The van der Waals surface area contributed by atoms with Gasteiger partial charge in [-0.25, -0.2) is 0 Å². The van der Waals surface area contributed by atoms with Gasteiger partial charge in [-0.15, -0.1) is 0 Å². The molecule has 0 aliphatic heterocycles. The second kappa shape index (κ2) is 5.69. The van der Waals surface area contributed by atoms with Crippen LogP contribution in [0.5, 0.6) is 0 Å². The van der Waals surface area contributed by atoms with Crippen LogP contribution in [0.15, 0.2) is 0 Å². The van der Waals surface area contributed by atoms with Crippen LogP contribution < -0.4 is 11.5 Å². The predicted molar refractivity (Wildman–Crippen MR) is 53.6 cm³/mol. The van der Waals surface area contributed by atoms with Crippen LogP contribution in [0.3, 0.4) is 0 Å². The molecule has 0 saturated carbocycles. The second-order valence-electron chi connectivity index (χ2n) is 2.87. The number of carbonyl (C=O) groups excluding carboxylic acids is 1. The van der Waals surface area contributed by atoms with Gasteiger partial charge in [0.15, 0.2) is 5.78 Å². The molecule has 0 aliphatic rings. The molecule has 0 radical (unpaired) electrons. The first kappa shape index (κ1) is 13.9. The molecule has 0 aliphatic carbocycles. The molecule has 0 amide bonds. The van der Waals surface area contributed by atoms with E-state index in [4.69, 9.17) is 21.7 Å². The zero-order valence-corrected chi connectivity index (χ0v) is 8.55. The molecule has 0 aromatic rings. The minimum Gasteiger partial charge on any atom is -0.481 e. The molecule has 0 saturated heterocycles. The zero-order chi connectivity index (χ0) is 12.2. The van der Waals surface area contributed by atoms with Crippen molar-refractivity contribution in [3.05, 3.63) is 0 Å². The van der Waals surface area contributed by atoms with Crippen molar-refractivity contribution in [2.75, 3.05) is 5.75 Å². The number of carbonyl (C=O) groups is 3. The van der Waals surface area contributed by atoms with Crippen LogP contribution in [0, 0.1) is 5.92 Å². The van der Waals surface area contributed by atoms with Gasteiger partial charge in [0.1, 0.15) is 12.0 Å². The monoisotopic (exact) mass is 236 g/mol. The van der Waals surface area contributed by atoms with E-state index in [2.05, 4.69) is 12.6 Å². The third kappa shape index (κ3) is 3.50. The number of thiol groups is 1. The highest BCUT2D eigenvalue weighted by Gasteiger charge is 2.38. The van der Waals surface area contributed by atoms with Crippen LogP contribution in [0.1, 0.15) is 0 Å². The van der Waals surface area contributed by atoms with Crippen molar-refractivity contribution in [2.45, 2.75) is 12.1 Å². The maximum atomic E-state index is 11.4. The highest BCUT2D eigenvalue weighted by Crippen LogP contribution is 2.07. The Balaban J connectivity index is 4.90. The van der Waals surface area contributed by atoms with Crippen LogP contribution in [0.25, 0.3) is 0 Å². The molecule has 0 aromatic carbocycles. The summed E-state index contributed by atoms with van der Waals surface area (Å²) < 4.78 is 0. The summed E-state index contributed by atoms with van der Waals surface area (Å²) in [6, 6.07) is -2.94. The summed E-state index contributed by atoms with van der Waals surface area (Å²) in [7, 11) is 0. The molecular weight excluding hydrogens is 224 g/mol. The van der Waals surface area contributed by atoms with Crippen molar-refractivity contribution in [2.24, 2.45) is 17.4 Å². The third-order valence-corrected chi connectivity index (χ3v) is 2.17. The van der Waals surface area contributed by atoms with Crippen molar-refractivity contribution >= 4 is 30.4 Å².